The van der Waals surface area contributed by atoms with Gasteiger partial charge < -0.3 is 14.4 Å². The van der Waals surface area contributed by atoms with Crippen LogP contribution in [0.2, 0.25) is 0 Å². The number of rotatable bonds is 1. The third-order valence-electron chi connectivity index (χ3n) is 0.104. The van der Waals surface area contributed by atoms with Crippen LogP contribution in [0, 0.1) is 0 Å². The van der Waals surface area contributed by atoms with Crippen LogP contribution in [0.15, 0.2) is 0 Å². The molecule has 7 heteroatoms. The van der Waals surface area contributed by atoms with Crippen LogP contribution in [0.3, 0.4) is 0 Å². The van der Waals surface area contributed by atoms with Crippen molar-refractivity contribution in [3.8, 4) is 0 Å². The van der Waals surface area contributed by atoms with E-state index < -0.39 is 9.05 Å². The van der Waals surface area contributed by atoms with E-state index in [0.717, 1.165) is 0 Å². The molecule has 0 aromatic heterocycles. The Kier molecular flexibility index (Phi) is 6.64. The van der Waals surface area contributed by atoms with E-state index in [9.17, 15) is 0 Å². The maximum Gasteiger partial charge on any atom is 0.688 e. The van der Waals surface area contributed by atoms with Gasteiger partial charge in [-0.05, 0) is 0 Å². The molecule has 0 atom stereocenters. The van der Waals surface area contributed by atoms with E-state index in [1.165, 1.54) is 0 Å². The third kappa shape index (κ3) is 11.1. The van der Waals surface area contributed by atoms with Crippen molar-refractivity contribution in [3.05, 3.63) is 0 Å². The van der Waals surface area contributed by atoms with Crippen LogP contribution in [0.5, 0.6) is 0 Å². The molecule has 0 spiro atoms. The first kappa shape index (κ1) is 11.1. The van der Waals surface area contributed by atoms with Gasteiger partial charge in [0.2, 0.25) is 0 Å². The second-order valence-corrected chi connectivity index (χ2v) is 2.42. The zero-order chi connectivity index (χ0) is 5.21. The summed E-state index contributed by atoms with van der Waals surface area (Å²) in [5, 5.41) is 0. The maximum absolute atomic E-state index is 7.72. The molecule has 0 unspecified atom stereocenters. The molecular formula is H3ClO4PbSi. The minimum atomic E-state index is -4.37. The van der Waals surface area contributed by atoms with E-state index in [1.807, 2.05) is 0 Å². The number of hydrogen-bond acceptors (Lipinski definition) is 4. The van der Waals surface area contributed by atoms with Gasteiger partial charge in [-0.15, -0.1) is 0 Å². The molecule has 0 aliphatic rings. The van der Waals surface area contributed by atoms with Gasteiger partial charge in [-0.3, -0.25) is 0 Å². The zero-order valence-electron chi connectivity index (χ0n) is 3.13. The van der Waals surface area contributed by atoms with Crippen molar-refractivity contribution < 1.29 is 18.4 Å². The second-order valence-electron chi connectivity index (χ2n) is 0.651. The van der Waals surface area contributed by atoms with E-state index in [0.29, 0.717) is 0 Å². The molecule has 0 amide bonds. The summed E-state index contributed by atoms with van der Waals surface area (Å²) in [6.45, 7) is 0. The molecule has 0 fully saturated rings. The van der Waals surface area contributed by atoms with Gasteiger partial charge in [-0.2, -0.15) is 0 Å². The Morgan fingerprint density at radius 3 is 1.43 bits per heavy atom. The smallest absolute Gasteiger partial charge is 0.367 e. The van der Waals surface area contributed by atoms with Crippen LogP contribution in [0.4, 0.5) is 0 Å². The summed E-state index contributed by atoms with van der Waals surface area (Å²) in [7, 11) is -4.37. The first-order valence-electron chi connectivity index (χ1n) is 1.03. The molecule has 0 aliphatic carbocycles. The molecule has 0 heterocycles. The van der Waals surface area contributed by atoms with Gasteiger partial charge >= 0.3 is 9.05 Å². The van der Waals surface area contributed by atoms with Crippen molar-refractivity contribution in [2.24, 2.45) is 0 Å². The van der Waals surface area contributed by atoms with Crippen molar-refractivity contribution in [2.45, 2.75) is 0 Å². The summed E-state index contributed by atoms with van der Waals surface area (Å²) in [5.41, 5.74) is 0. The molecule has 0 saturated carbocycles. The molecule has 0 saturated heterocycles. The van der Waals surface area contributed by atoms with Gasteiger partial charge in [0.1, 0.15) is 0 Å². The Balaban J connectivity index is 0. The summed E-state index contributed by atoms with van der Waals surface area (Å²) in [6, 6.07) is 0. The zero-order valence-corrected chi connectivity index (χ0v) is 8.77. The fraction of sp³-hybridized carbons (Fsp3) is 0. The van der Waals surface area contributed by atoms with Crippen molar-refractivity contribution in [3.63, 3.8) is 0 Å². The van der Waals surface area contributed by atoms with Crippen molar-refractivity contribution in [1.29, 1.82) is 0 Å². The van der Waals surface area contributed by atoms with Crippen LogP contribution < -0.4 is 0 Å². The summed E-state index contributed by atoms with van der Waals surface area (Å²) >= 11 is 4.29. The molecule has 4 radical (unpaired) electrons. The molecule has 0 aromatic carbocycles. The van der Waals surface area contributed by atoms with Gasteiger partial charge in [0.05, 0.1) is 11.9 Å². The van der Waals surface area contributed by atoms with Crippen LogP contribution in [-0.4, -0.2) is 50.7 Å². The average molecular weight is 338 g/mol. The predicted octanol–water partition coefficient (Wildman–Crippen LogP) is -1.81. The van der Waals surface area contributed by atoms with Gasteiger partial charge in [-0.25, -0.2) is 3.98 Å². The topological polar surface area (TPSA) is 69.9 Å². The molecule has 0 rings (SSSR count). The average Bonchev–Trinajstić information content (AvgIpc) is 1.35. The van der Waals surface area contributed by atoms with E-state index in [1.54, 1.807) is 0 Å². The van der Waals surface area contributed by atoms with E-state index in [-0.39, 0.29) is 27.3 Å². The molecule has 4 nitrogen and oxygen atoms in total. The summed E-state index contributed by atoms with van der Waals surface area (Å²) < 4.78 is 3.22. The fourth-order valence-corrected chi connectivity index (χ4v) is 0. The minimum Gasteiger partial charge on any atom is -0.367 e. The van der Waals surface area contributed by atoms with Crippen molar-refractivity contribution in [2.75, 3.05) is 0 Å². The predicted molar refractivity (Wildman–Crippen MR) is 25.1 cm³/mol. The molecule has 42 valence electrons. The monoisotopic (exact) mass is 338 g/mol. The first-order valence-corrected chi connectivity index (χ1v) is 3.09. The normalized spacial score (nSPS) is 10.3. The van der Waals surface area contributed by atoms with Gasteiger partial charge in [0.25, 0.3) is 0 Å². The SMILES string of the molecule is O[Si](O)(O)OCl.[Pb]. The van der Waals surface area contributed by atoms with Gasteiger partial charge in [0.15, 0.2) is 0 Å². The van der Waals surface area contributed by atoms with Crippen LogP contribution >= 0.6 is 11.9 Å². The first-order chi connectivity index (χ1) is 2.56. The van der Waals surface area contributed by atoms with E-state index >= 15 is 0 Å². The second kappa shape index (κ2) is 4.18. The van der Waals surface area contributed by atoms with Gasteiger partial charge in [0, 0.05) is 27.3 Å². The summed E-state index contributed by atoms with van der Waals surface area (Å²) in [5.74, 6) is 0. The van der Waals surface area contributed by atoms with Crippen LogP contribution in [0.25, 0.3) is 0 Å². The standard InChI is InChI=1S/ClH3O4Si.Pb/c1-5-6(2,3)4;/h2-4H;. The summed E-state index contributed by atoms with van der Waals surface area (Å²) in [4.78, 5) is 23.2. The number of halogens is 1. The van der Waals surface area contributed by atoms with E-state index in [4.69, 9.17) is 14.4 Å². The third-order valence-corrected chi connectivity index (χ3v) is 0.932. The maximum atomic E-state index is 7.72. The molecule has 3 N–H and O–H groups in total. The van der Waals surface area contributed by atoms with Gasteiger partial charge in [-0.1, -0.05) is 0 Å². The molecular weight excluding hydrogens is 335 g/mol. The molecule has 0 bridgehead atoms. The van der Waals surface area contributed by atoms with Crippen molar-refractivity contribution in [1.82, 2.24) is 0 Å². The largest absolute Gasteiger partial charge is 0.688 e. The van der Waals surface area contributed by atoms with Crippen LogP contribution in [0.1, 0.15) is 0 Å². The Bertz CT molecular complexity index is 41.4. The fourth-order valence-electron chi connectivity index (χ4n) is 0. The molecule has 0 aliphatic heterocycles. The Morgan fingerprint density at radius 2 is 1.43 bits per heavy atom. The van der Waals surface area contributed by atoms with Crippen LogP contribution in [-0.2, 0) is 3.98 Å². The summed E-state index contributed by atoms with van der Waals surface area (Å²) in [6.07, 6.45) is 0. The molecule has 7 heavy (non-hydrogen) atoms. The van der Waals surface area contributed by atoms with E-state index in [2.05, 4.69) is 15.8 Å². The minimum absolute atomic E-state index is 0. The number of hydrogen-bond donors (Lipinski definition) is 3. The Labute approximate surface area is 66.5 Å². The molecule has 0 aromatic rings. The Hall–Kier alpha value is 1.27. The Morgan fingerprint density at radius 1 is 1.29 bits per heavy atom. The quantitative estimate of drug-likeness (QED) is 0.493. The van der Waals surface area contributed by atoms with Crippen molar-refractivity contribution >= 4 is 48.2 Å².